The predicted octanol–water partition coefficient (Wildman–Crippen LogP) is 4.02. The lowest BCUT2D eigenvalue weighted by Gasteiger charge is -2.31. The molecule has 4 nitrogen and oxygen atoms in total. The van der Waals surface area contributed by atoms with Crippen molar-refractivity contribution in [3.05, 3.63) is 42.0 Å². The van der Waals surface area contributed by atoms with Crippen LogP contribution < -0.4 is 4.90 Å². The van der Waals surface area contributed by atoms with Crippen molar-refractivity contribution in [3.63, 3.8) is 0 Å². The highest BCUT2D eigenvalue weighted by atomic mass is 79.9. The SMILES string of the molecule is Br.FC(F)(F)c1cccc(-c2ccc(N3CCN4CCC3CC4)nn2)c1. The van der Waals surface area contributed by atoms with E-state index in [9.17, 15) is 13.2 Å². The minimum absolute atomic E-state index is 0. The molecule has 3 fully saturated rings. The van der Waals surface area contributed by atoms with Gasteiger partial charge in [0.25, 0.3) is 0 Å². The number of piperidine rings is 1. The highest BCUT2D eigenvalue weighted by Crippen LogP contribution is 2.32. The van der Waals surface area contributed by atoms with Crippen LogP contribution in [0.15, 0.2) is 36.4 Å². The second-order valence-corrected chi connectivity index (χ2v) is 6.62. The Morgan fingerprint density at radius 2 is 1.69 bits per heavy atom. The first-order valence-corrected chi connectivity index (χ1v) is 8.51. The molecule has 2 bridgehead atoms. The topological polar surface area (TPSA) is 32.3 Å². The number of alkyl halides is 3. The molecule has 0 radical (unpaired) electrons. The molecule has 0 atom stereocenters. The molecule has 0 unspecified atom stereocenters. The Bertz CT molecular complexity index is 743. The first-order chi connectivity index (χ1) is 12.0. The van der Waals surface area contributed by atoms with E-state index in [2.05, 4.69) is 20.0 Å². The smallest absolute Gasteiger partial charge is 0.351 e. The summed E-state index contributed by atoms with van der Waals surface area (Å²) in [5.74, 6) is 0.810. The van der Waals surface area contributed by atoms with Gasteiger partial charge in [0.1, 0.15) is 0 Å². The van der Waals surface area contributed by atoms with Crippen LogP contribution in [0.1, 0.15) is 18.4 Å². The van der Waals surface area contributed by atoms with Crippen molar-refractivity contribution in [2.75, 3.05) is 31.1 Å². The average molecular weight is 429 g/mol. The molecule has 3 aliphatic heterocycles. The van der Waals surface area contributed by atoms with E-state index in [0.29, 0.717) is 17.3 Å². The monoisotopic (exact) mass is 428 g/mol. The van der Waals surface area contributed by atoms with Crippen molar-refractivity contribution >= 4 is 22.8 Å². The summed E-state index contributed by atoms with van der Waals surface area (Å²) < 4.78 is 38.6. The van der Waals surface area contributed by atoms with Crippen LogP contribution in [0.25, 0.3) is 11.3 Å². The van der Waals surface area contributed by atoms with Gasteiger partial charge in [0.2, 0.25) is 0 Å². The summed E-state index contributed by atoms with van der Waals surface area (Å²) >= 11 is 0. The van der Waals surface area contributed by atoms with E-state index in [-0.39, 0.29) is 17.0 Å². The Hall–Kier alpha value is -1.67. The maximum Gasteiger partial charge on any atom is 0.416 e. The van der Waals surface area contributed by atoms with Gasteiger partial charge in [-0.05, 0) is 37.1 Å². The van der Waals surface area contributed by atoms with Gasteiger partial charge in [-0.3, -0.25) is 0 Å². The van der Waals surface area contributed by atoms with Gasteiger partial charge in [0.15, 0.2) is 5.82 Å². The number of anilines is 1. The third kappa shape index (κ3) is 3.86. The summed E-state index contributed by atoms with van der Waals surface area (Å²) in [6, 6.07) is 9.31. The number of rotatable bonds is 2. The molecule has 2 aromatic rings. The zero-order valence-corrected chi connectivity index (χ0v) is 15.8. The first-order valence-electron chi connectivity index (χ1n) is 8.51. The Morgan fingerprint density at radius 3 is 2.35 bits per heavy atom. The average Bonchev–Trinajstić information content (AvgIpc) is 2.95. The van der Waals surface area contributed by atoms with Crippen molar-refractivity contribution in [3.8, 4) is 11.3 Å². The van der Waals surface area contributed by atoms with Crippen LogP contribution in [0.3, 0.4) is 0 Å². The third-order valence-corrected chi connectivity index (χ3v) is 5.09. The standard InChI is InChI=1S/C18H19F3N4.BrH/c19-18(20,21)14-3-1-2-13(12-14)16-4-5-17(23-22-16)25-11-10-24-8-6-15(25)7-9-24;/h1-5,12,15H,6-11H2;1H. The summed E-state index contributed by atoms with van der Waals surface area (Å²) in [6.45, 7) is 4.18. The summed E-state index contributed by atoms with van der Waals surface area (Å²) in [4.78, 5) is 4.75. The summed E-state index contributed by atoms with van der Waals surface area (Å²) in [5.41, 5.74) is 0.212. The van der Waals surface area contributed by atoms with Crippen LogP contribution in [-0.4, -0.2) is 47.3 Å². The van der Waals surface area contributed by atoms with Crippen LogP contribution in [0.5, 0.6) is 0 Å². The first kappa shape index (κ1) is 19.1. The fraction of sp³-hybridized carbons (Fsp3) is 0.444. The van der Waals surface area contributed by atoms with Crippen molar-refractivity contribution in [1.29, 1.82) is 0 Å². The Morgan fingerprint density at radius 1 is 0.923 bits per heavy atom. The van der Waals surface area contributed by atoms with E-state index in [4.69, 9.17) is 0 Å². The molecule has 4 heterocycles. The molecule has 0 amide bonds. The van der Waals surface area contributed by atoms with Gasteiger partial charge in [-0.25, -0.2) is 0 Å². The van der Waals surface area contributed by atoms with Gasteiger partial charge in [-0.1, -0.05) is 12.1 Å². The second kappa shape index (κ2) is 7.52. The third-order valence-electron chi connectivity index (χ3n) is 5.09. The number of aromatic nitrogens is 2. The van der Waals surface area contributed by atoms with Gasteiger partial charge >= 0.3 is 6.18 Å². The number of halogens is 4. The Labute approximate surface area is 160 Å². The fourth-order valence-corrected chi connectivity index (χ4v) is 3.68. The van der Waals surface area contributed by atoms with E-state index in [1.807, 2.05) is 6.07 Å². The molecule has 3 aliphatic rings. The van der Waals surface area contributed by atoms with Crippen molar-refractivity contribution < 1.29 is 13.2 Å². The number of hydrogen-bond acceptors (Lipinski definition) is 4. The van der Waals surface area contributed by atoms with Crippen LogP contribution >= 0.6 is 17.0 Å². The highest BCUT2D eigenvalue weighted by molar-refractivity contribution is 8.93. The number of benzene rings is 1. The molecule has 1 aromatic heterocycles. The van der Waals surface area contributed by atoms with Gasteiger partial charge < -0.3 is 9.80 Å². The zero-order chi connectivity index (χ0) is 17.4. The summed E-state index contributed by atoms with van der Waals surface area (Å²) in [5, 5.41) is 8.49. The van der Waals surface area contributed by atoms with Crippen molar-refractivity contribution in [1.82, 2.24) is 15.1 Å². The van der Waals surface area contributed by atoms with Crippen LogP contribution in [-0.2, 0) is 6.18 Å². The summed E-state index contributed by atoms with van der Waals surface area (Å²) in [6.07, 6.45) is -2.11. The maximum absolute atomic E-state index is 12.9. The van der Waals surface area contributed by atoms with Crippen molar-refractivity contribution in [2.45, 2.75) is 25.1 Å². The second-order valence-electron chi connectivity index (χ2n) is 6.62. The number of nitrogens with zero attached hydrogens (tertiary/aromatic N) is 4. The van der Waals surface area contributed by atoms with E-state index >= 15 is 0 Å². The van der Waals surface area contributed by atoms with Crippen LogP contribution in [0.2, 0.25) is 0 Å². The van der Waals surface area contributed by atoms with Gasteiger partial charge in [0.05, 0.1) is 11.3 Å². The molecule has 3 saturated heterocycles. The normalized spacial score (nSPS) is 22.7. The minimum Gasteiger partial charge on any atom is -0.351 e. The fourth-order valence-electron chi connectivity index (χ4n) is 3.68. The largest absolute Gasteiger partial charge is 0.416 e. The molecule has 0 saturated carbocycles. The maximum atomic E-state index is 12.9. The van der Waals surface area contributed by atoms with E-state index in [1.54, 1.807) is 12.1 Å². The van der Waals surface area contributed by atoms with E-state index < -0.39 is 11.7 Å². The van der Waals surface area contributed by atoms with Gasteiger partial charge in [0, 0.05) is 37.8 Å². The molecule has 140 valence electrons. The Kier molecular flexibility index (Phi) is 5.53. The van der Waals surface area contributed by atoms with Gasteiger partial charge in [-0.2, -0.15) is 13.2 Å². The zero-order valence-electron chi connectivity index (χ0n) is 14.1. The summed E-state index contributed by atoms with van der Waals surface area (Å²) in [7, 11) is 0. The lowest BCUT2D eigenvalue weighted by atomic mass is 10.1. The molecule has 1 aromatic carbocycles. The lowest BCUT2D eigenvalue weighted by Crippen LogP contribution is -2.38. The predicted molar refractivity (Wildman–Crippen MR) is 99.6 cm³/mol. The lowest BCUT2D eigenvalue weighted by molar-refractivity contribution is -0.137. The van der Waals surface area contributed by atoms with Gasteiger partial charge in [-0.15, -0.1) is 27.2 Å². The quantitative estimate of drug-likeness (QED) is 0.722. The molecule has 8 heteroatoms. The molecule has 0 N–H and O–H groups in total. The van der Waals surface area contributed by atoms with Crippen LogP contribution in [0.4, 0.5) is 19.0 Å². The highest BCUT2D eigenvalue weighted by Gasteiger charge is 2.31. The molecule has 26 heavy (non-hydrogen) atoms. The molecule has 5 rings (SSSR count). The Balaban J connectivity index is 0.00000196. The van der Waals surface area contributed by atoms with Crippen LogP contribution in [0, 0.1) is 0 Å². The van der Waals surface area contributed by atoms with Crippen molar-refractivity contribution in [2.24, 2.45) is 0 Å². The molecule has 0 aliphatic carbocycles. The van der Waals surface area contributed by atoms with E-state index in [1.165, 1.54) is 6.07 Å². The molecular weight excluding hydrogens is 409 g/mol. The minimum atomic E-state index is -4.36. The number of hydrogen-bond donors (Lipinski definition) is 0. The molecule has 0 spiro atoms. The van der Waals surface area contributed by atoms with E-state index in [0.717, 1.165) is 57.0 Å². The molecular formula is C18H20BrF3N4. The number of fused-ring (bicyclic) bond motifs is 4.